The van der Waals surface area contributed by atoms with Crippen molar-refractivity contribution < 1.29 is 57.7 Å². The van der Waals surface area contributed by atoms with Gasteiger partial charge in [-0.25, -0.2) is 4.39 Å². The molecule has 3 fully saturated rings. The number of rotatable bonds is 10. The Morgan fingerprint density at radius 2 is 1.58 bits per heavy atom. The molecule has 352 valence electrons. The van der Waals surface area contributed by atoms with Crippen molar-refractivity contribution in [3.8, 4) is 11.3 Å². The number of aliphatic hydroxyl groups excluding tert-OH is 3. The molecule has 0 amide bonds. The summed E-state index contributed by atoms with van der Waals surface area (Å²) in [6.45, 7) is 15.7. The number of nitrogens with zero attached hydrogens (tertiary/aromatic N) is 5. The minimum Gasteiger partial charge on any atom is -0.464 e. The molecule has 3 aliphatic rings. The standard InChI is InChI=1S/C45H74FN5O11/c1-25-19-45(8,57-13)41(62-43-38(53)35(49(9)10)18-27(3)59-43)28(4)39(61-36-20-44(7,56-12)40(54)30(6)60-36)29(5)42(55)58-24-33(50(11)21-26(2)37(25)52)22-51-23-34(47-48-51)31-14-16-32(46)17-15-31/h14-17,23,25-30,33,35-41,43,52-54H,18-22,24H2,1-13H3/t25-,26-,27-,28+,29-,30+,33+,35+,36+,37+,38-,39+,40+,41-,43+,44-,45-/m1/s1. The minimum absolute atomic E-state index is 0.0303. The molecule has 3 aliphatic heterocycles. The van der Waals surface area contributed by atoms with E-state index in [4.69, 9.17) is 33.2 Å². The maximum atomic E-state index is 14.5. The van der Waals surface area contributed by atoms with Gasteiger partial charge < -0.3 is 53.4 Å². The maximum absolute atomic E-state index is 14.5. The second-order valence-electron chi connectivity index (χ2n) is 19.0. The summed E-state index contributed by atoms with van der Waals surface area (Å²) in [5.74, 6) is -3.00. The number of methoxy groups -OCH3 is 2. The highest BCUT2D eigenvalue weighted by Crippen LogP contribution is 2.41. The van der Waals surface area contributed by atoms with Gasteiger partial charge in [0.1, 0.15) is 30.3 Å². The molecule has 3 saturated heterocycles. The summed E-state index contributed by atoms with van der Waals surface area (Å²) < 4.78 is 60.2. The largest absolute Gasteiger partial charge is 0.464 e. The second-order valence-corrected chi connectivity index (χ2v) is 19.0. The first-order valence-electron chi connectivity index (χ1n) is 22.1. The molecule has 0 spiro atoms. The number of halogens is 1. The number of likely N-dealkylation sites (N-methyl/N-ethyl adjacent to an activating group) is 2. The molecule has 1 aromatic heterocycles. The number of esters is 1. The van der Waals surface area contributed by atoms with E-state index >= 15 is 0 Å². The first-order chi connectivity index (χ1) is 29.1. The monoisotopic (exact) mass is 880 g/mol. The van der Waals surface area contributed by atoms with Gasteiger partial charge in [-0.3, -0.25) is 14.4 Å². The number of hydrogen-bond donors (Lipinski definition) is 3. The van der Waals surface area contributed by atoms with E-state index in [1.165, 1.54) is 19.2 Å². The molecule has 5 rings (SSSR count). The summed E-state index contributed by atoms with van der Waals surface area (Å²) in [5.41, 5.74) is -0.863. The van der Waals surface area contributed by atoms with E-state index in [1.807, 2.05) is 65.6 Å². The number of ether oxygens (including phenoxy) is 7. The van der Waals surface area contributed by atoms with Gasteiger partial charge in [-0.15, -0.1) is 5.10 Å². The average molecular weight is 880 g/mol. The van der Waals surface area contributed by atoms with Gasteiger partial charge in [0.05, 0.1) is 66.4 Å². The zero-order valence-electron chi connectivity index (χ0n) is 39.0. The number of aliphatic hydroxyl groups is 3. The Bertz CT molecular complexity index is 1720. The summed E-state index contributed by atoms with van der Waals surface area (Å²) in [5, 5.41) is 43.5. The van der Waals surface area contributed by atoms with Gasteiger partial charge in [0.25, 0.3) is 0 Å². The van der Waals surface area contributed by atoms with Crippen molar-refractivity contribution in [2.45, 2.75) is 160 Å². The predicted molar refractivity (Wildman–Crippen MR) is 228 cm³/mol. The number of benzene rings is 1. The summed E-state index contributed by atoms with van der Waals surface area (Å²) >= 11 is 0. The van der Waals surface area contributed by atoms with Crippen molar-refractivity contribution in [3.63, 3.8) is 0 Å². The molecule has 0 aliphatic carbocycles. The van der Waals surface area contributed by atoms with Crippen LogP contribution in [0.25, 0.3) is 11.3 Å². The highest BCUT2D eigenvalue weighted by atomic mass is 19.1. The molecule has 0 unspecified atom stereocenters. The fraction of sp³-hybridized carbons (Fsp3) is 0.800. The lowest BCUT2D eigenvalue weighted by Crippen LogP contribution is -2.61. The molecule has 0 saturated carbocycles. The highest BCUT2D eigenvalue weighted by Gasteiger charge is 2.52. The molecular formula is C45H74FN5O11. The van der Waals surface area contributed by atoms with E-state index in [1.54, 1.807) is 50.9 Å². The smallest absolute Gasteiger partial charge is 0.311 e. The Kier molecular flexibility index (Phi) is 17.1. The van der Waals surface area contributed by atoms with Crippen LogP contribution in [0.15, 0.2) is 30.5 Å². The van der Waals surface area contributed by atoms with Crippen LogP contribution in [0.3, 0.4) is 0 Å². The average Bonchev–Trinajstić information content (AvgIpc) is 3.70. The Morgan fingerprint density at radius 3 is 2.21 bits per heavy atom. The van der Waals surface area contributed by atoms with E-state index in [9.17, 15) is 24.5 Å². The van der Waals surface area contributed by atoms with E-state index in [-0.39, 0.29) is 42.8 Å². The van der Waals surface area contributed by atoms with Crippen LogP contribution in [-0.2, 0) is 44.5 Å². The van der Waals surface area contributed by atoms with Crippen molar-refractivity contribution in [2.24, 2.45) is 23.7 Å². The number of carbonyl (C=O) groups is 1. The number of aromatic nitrogens is 3. The topological polar surface area (TPSA) is 180 Å². The quantitative estimate of drug-likeness (QED) is 0.294. The van der Waals surface area contributed by atoms with Gasteiger partial charge in [0.15, 0.2) is 12.6 Å². The first kappa shape index (κ1) is 50.3. The maximum Gasteiger partial charge on any atom is 0.311 e. The van der Waals surface area contributed by atoms with Crippen LogP contribution in [0.2, 0.25) is 0 Å². The van der Waals surface area contributed by atoms with Crippen molar-refractivity contribution >= 4 is 5.97 Å². The first-order valence-corrected chi connectivity index (χ1v) is 22.1. The Labute approximate surface area is 367 Å². The van der Waals surface area contributed by atoms with Crippen molar-refractivity contribution in [2.75, 3.05) is 48.5 Å². The molecule has 17 atom stereocenters. The number of carbonyl (C=O) groups excluding carboxylic acids is 1. The lowest BCUT2D eigenvalue weighted by Gasteiger charge is -2.49. The summed E-state index contributed by atoms with van der Waals surface area (Å²) in [6, 6.07) is 5.35. The van der Waals surface area contributed by atoms with Crippen molar-refractivity contribution in [1.29, 1.82) is 0 Å². The molecule has 62 heavy (non-hydrogen) atoms. The second kappa shape index (κ2) is 21.1. The molecule has 0 radical (unpaired) electrons. The SMILES string of the molecule is CO[C@]1(C)C[C@@H](C)[C@H](O)[C@H](C)CN(C)[C@@H](Cn2cc(-c3ccc(F)cc3)nn2)COC(=O)[C@H](C)[C@@H](O[C@H]2C[C@@](C)(OC)[C@@H](O)[C@H](C)O2)[C@H](C)[C@H]1O[C@@H]1O[C@H](C)C[C@H](N(C)C)[C@H]1O. The third-order valence-corrected chi connectivity index (χ3v) is 13.9. The zero-order valence-corrected chi connectivity index (χ0v) is 39.0. The molecule has 2 aromatic rings. The van der Waals surface area contributed by atoms with Gasteiger partial charge >= 0.3 is 5.97 Å². The van der Waals surface area contributed by atoms with Gasteiger partial charge in [0.2, 0.25) is 0 Å². The molecular weight excluding hydrogens is 806 g/mol. The van der Waals surface area contributed by atoms with Crippen LogP contribution >= 0.6 is 0 Å². The normalized spacial score (nSPS) is 41.1. The molecule has 0 bridgehead atoms. The van der Waals surface area contributed by atoms with Crippen LogP contribution in [-0.4, -0.2) is 173 Å². The van der Waals surface area contributed by atoms with Crippen LogP contribution in [0.5, 0.6) is 0 Å². The highest BCUT2D eigenvalue weighted by molar-refractivity contribution is 5.72. The van der Waals surface area contributed by atoms with Crippen LogP contribution in [0.1, 0.15) is 74.7 Å². The summed E-state index contributed by atoms with van der Waals surface area (Å²) in [4.78, 5) is 18.5. The Hall–Kier alpha value is -2.68. The van der Waals surface area contributed by atoms with Crippen LogP contribution in [0.4, 0.5) is 4.39 Å². The number of cyclic esters (lactones) is 1. The molecule has 4 heterocycles. The minimum atomic E-state index is -1.12. The van der Waals surface area contributed by atoms with Gasteiger partial charge in [-0.2, -0.15) is 0 Å². The van der Waals surface area contributed by atoms with Gasteiger partial charge in [0, 0.05) is 44.7 Å². The van der Waals surface area contributed by atoms with Crippen LogP contribution < -0.4 is 0 Å². The summed E-state index contributed by atoms with van der Waals surface area (Å²) in [6.07, 6.45) is -4.60. The van der Waals surface area contributed by atoms with Crippen LogP contribution in [0, 0.1) is 29.5 Å². The molecule has 1 aromatic carbocycles. The van der Waals surface area contributed by atoms with E-state index in [0.717, 1.165) is 0 Å². The molecule has 16 nitrogen and oxygen atoms in total. The third-order valence-electron chi connectivity index (χ3n) is 13.9. The van der Waals surface area contributed by atoms with Gasteiger partial charge in [-0.1, -0.05) is 26.0 Å². The van der Waals surface area contributed by atoms with Gasteiger partial charge in [-0.05, 0) is 105 Å². The lowest BCUT2D eigenvalue weighted by atomic mass is 9.75. The molecule has 17 heteroatoms. The van der Waals surface area contributed by atoms with E-state index in [0.29, 0.717) is 37.2 Å². The fourth-order valence-corrected chi connectivity index (χ4v) is 9.73. The Balaban J connectivity index is 1.54. The predicted octanol–water partition coefficient (Wildman–Crippen LogP) is 3.74. The fourth-order valence-electron chi connectivity index (χ4n) is 9.73. The van der Waals surface area contributed by atoms with Crippen molar-refractivity contribution in [3.05, 3.63) is 36.3 Å². The summed E-state index contributed by atoms with van der Waals surface area (Å²) in [7, 11) is 8.86. The number of hydrogen-bond acceptors (Lipinski definition) is 15. The molecule has 3 N–H and O–H groups in total. The lowest BCUT2D eigenvalue weighted by molar-refractivity contribution is -0.319. The Morgan fingerprint density at radius 1 is 0.919 bits per heavy atom. The van der Waals surface area contributed by atoms with E-state index < -0.39 is 84.3 Å². The zero-order chi connectivity index (χ0) is 45.8. The third kappa shape index (κ3) is 11.6. The van der Waals surface area contributed by atoms with Crippen molar-refractivity contribution in [1.82, 2.24) is 24.8 Å². The van der Waals surface area contributed by atoms with E-state index in [2.05, 4.69) is 10.3 Å².